The van der Waals surface area contributed by atoms with E-state index in [-0.39, 0.29) is 0 Å². The first kappa shape index (κ1) is 17.9. The lowest BCUT2D eigenvalue weighted by Crippen LogP contribution is -2.32. The van der Waals surface area contributed by atoms with Crippen molar-refractivity contribution in [2.24, 2.45) is 11.8 Å². The van der Waals surface area contributed by atoms with Crippen molar-refractivity contribution in [3.05, 3.63) is 0 Å². The van der Waals surface area contributed by atoms with Crippen LogP contribution >= 0.6 is 0 Å². The Hall–Kier alpha value is -0.160. The molecule has 0 radical (unpaired) electrons. The Bertz CT molecular complexity index is 226. The van der Waals surface area contributed by atoms with Crippen molar-refractivity contribution in [2.45, 2.75) is 52.1 Å². The molecule has 0 aromatic rings. The molecule has 1 fully saturated rings. The van der Waals surface area contributed by atoms with Crippen LogP contribution in [-0.2, 0) is 9.47 Å². The number of hydrogen-bond donors (Lipinski definition) is 2. The van der Waals surface area contributed by atoms with Crippen molar-refractivity contribution >= 4 is 0 Å². The molecule has 4 heteroatoms. The molecule has 20 heavy (non-hydrogen) atoms. The number of ether oxygens (including phenoxy) is 2. The SMILES string of the molecule is CCOCCOCC(O)CNCCC1CCCC(C)C1. The zero-order chi connectivity index (χ0) is 14.6. The molecule has 1 rings (SSSR count). The average Bonchev–Trinajstić information content (AvgIpc) is 2.43. The predicted octanol–water partition coefficient (Wildman–Crippen LogP) is 2.21. The summed E-state index contributed by atoms with van der Waals surface area (Å²) in [6, 6.07) is 0. The summed E-state index contributed by atoms with van der Waals surface area (Å²) in [7, 11) is 0. The third-order valence-electron chi connectivity index (χ3n) is 4.04. The Morgan fingerprint density at radius 3 is 2.80 bits per heavy atom. The molecule has 0 bridgehead atoms. The fourth-order valence-electron chi connectivity index (χ4n) is 2.94. The minimum Gasteiger partial charge on any atom is -0.389 e. The van der Waals surface area contributed by atoms with E-state index in [9.17, 15) is 5.11 Å². The van der Waals surface area contributed by atoms with E-state index in [0.717, 1.165) is 18.4 Å². The Balaban J connectivity index is 1.89. The highest BCUT2D eigenvalue weighted by molar-refractivity contribution is 4.71. The van der Waals surface area contributed by atoms with Gasteiger partial charge in [-0.2, -0.15) is 0 Å². The van der Waals surface area contributed by atoms with E-state index in [1.165, 1.54) is 32.1 Å². The molecule has 0 aliphatic heterocycles. The van der Waals surface area contributed by atoms with Gasteiger partial charge in [-0.3, -0.25) is 0 Å². The first-order chi connectivity index (χ1) is 9.72. The van der Waals surface area contributed by atoms with Crippen molar-refractivity contribution in [3.8, 4) is 0 Å². The van der Waals surface area contributed by atoms with Crippen molar-refractivity contribution < 1.29 is 14.6 Å². The second-order valence-electron chi connectivity index (χ2n) is 6.06. The van der Waals surface area contributed by atoms with E-state index in [1.807, 2.05) is 6.92 Å². The topological polar surface area (TPSA) is 50.7 Å². The van der Waals surface area contributed by atoms with Crippen LogP contribution in [0.4, 0.5) is 0 Å². The summed E-state index contributed by atoms with van der Waals surface area (Å²) in [4.78, 5) is 0. The third-order valence-corrected chi connectivity index (χ3v) is 4.04. The highest BCUT2D eigenvalue weighted by Gasteiger charge is 2.18. The van der Waals surface area contributed by atoms with Crippen LogP contribution in [0.15, 0.2) is 0 Å². The average molecular weight is 287 g/mol. The summed E-state index contributed by atoms with van der Waals surface area (Å²) < 4.78 is 10.5. The number of rotatable bonds is 11. The predicted molar refractivity (Wildman–Crippen MR) is 81.9 cm³/mol. The van der Waals surface area contributed by atoms with Gasteiger partial charge in [0.05, 0.1) is 25.9 Å². The van der Waals surface area contributed by atoms with Crippen molar-refractivity contribution in [1.82, 2.24) is 5.32 Å². The van der Waals surface area contributed by atoms with Gasteiger partial charge in [0.2, 0.25) is 0 Å². The first-order valence-corrected chi connectivity index (χ1v) is 8.26. The van der Waals surface area contributed by atoms with Gasteiger partial charge in [0.1, 0.15) is 0 Å². The van der Waals surface area contributed by atoms with Crippen molar-refractivity contribution in [3.63, 3.8) is 0 Å². The molecule has 4 nitrogen and oxygen atoms in total. The standard InChI is InChI=1S/C16H33NO3/c1-3-19-9-10-20-13-16(18)12-17-8-7-15-6-4-5-14(2)11-15/h14-18H,3-13H2,1-2H3. The largest absolute Gasteiger partial charge is 0.389 e. The Morgan fingerprint density at radius 2 is 2.05 bits per heavy atom. The van der Waals surface area contributed by atoms with Gasteiger partial charge >= 0.3 is 0 Å². The summed E-state index contributed by atoms with van der Waals surface area (Å²) in [5, 5.41) is 13.1. The molecule has 0 saturated heterocycles. The van der Waals surface area contributed by atoms with Crippen LogP contribution in [-0.4, -0.2) is 50.7 Å². The Kier molecular flexibility index (Phi) is 10.3. The molecule has 1 aliphatic rings. The molecule has 0 spiro atoms. The second kappa shape index (κ2) is 11.5. The normalized spacial score (nSPS) is 24.8. The van der Waals surface area contributed by atoms with Gasteiger partial charge in [-0.15, -0.1) is 0 Å². The maximum absolute atomic E-state index is 9.76. The van der Waals surface area contributed by atoms with Gasteiger partial charge in [0.15, 0.2) is 0 Å². The molecule has 0 aromatic heterocycles. The van der Waals surface area contributed by atoms with Gasteiger partial charge in [-0.05, 0) is 38.1 Å². The van der Waals surface area contributed by atoms with Crippen LogP contribution in [0.1, 0.15) is 46.0 Å². The zero-order valence-electron chi connectivity index (χ0n) is 13.3. The lowest BCUT2D eigenvalue weighted by molar-refractivity contribution is 0.00644. The molecular formula is C16H33NO3. The van der Waals surface area contributed by atoms with E-state index in [1.54, 1.807) is 0 Å². The van der Waals surface area contributed by atoms with E-state index in [2.05, 4.69) is 12.2 Å². The number of nitrogens with one attached hydrogen (secondary N) is 1. The summed E-state index contributed by atoms with van der Waals surface area (Å²) in [6.45, 7) is 8.23. The minimum absolute atomic E-state index is 0.389. The molecule has 1 aliphatic carbocycles. The van der Waals surface area contributed by atoms with E-state index in [0.29, 0.717) is 33.0 Å². The van der Waals surface area contributed by atoms with Gasteiger partial charge in [0, 0.05) is 13.2 Å². The Morgan fingerprint density at radius 1 is 1.25 bits per heavy atom. The summed E-state index contributed by atoms with van der Waals surface area (Å²) in [5.74, 6) is 1.78. The fourth-order valence-corrected chi connectivity index (χ4v) is 2.94. The van der Waals surface area contributed by atoms with Crippen LogP contribution in [0, 0.1) is 11.8 Å². The van der Waals surface area contributed by atoms with E-state index >= 15 is 0 Å². The first-order valence-electron chi connectivity index (χ1n) is 8.26. The van der Waals surface area contributed by atoms with Crippen LogP contribution in [0.2, 0.25) is 0 Å². The maximum atomic E-state index is 9.76. The monoisotopic (exact) mass is 287 g/mol. The molecular weight excluding hydrogens is 254 g/mol. The van der Waals surface area contributed by atoms with E-state index < -0.39 is 6.10 Å². The summed E-state index contributed by atoms with van der Waals surface area (Å²) in [5.41, 5.74) is 0. The van der Waals surface area contributed by atoms with Crippen molar-refractivity contribution in [2.75, 3.05) is 39.5 Å². The molecule has 3 atom stereocenters. The minimum atomic E-state index is -0.415. The molecule has 0 heterocycles. The lowest BCUT2D eigenvalue weighted by Gasteiger charge is -2.26. The number of hydrogen-bond acceptors (Lipinski definition) is 4. The quantitative estimate of drug-likeness (QED) is 0.572. The smallest absolute Gasteiger partial charge is 0.0897 e. The van der Waals surface area contributed by atoms with Gasteiger partial charge in [-0.1, -0.05) is 26.2 Å². The van der Waals surface area contributed by atoms with Crippen molar-refractivity contribution in [1.29, 1.82) is 0 Å². The summed E-state index contributed by atoms with van der Waals surface area (Å²) in [6.07, 6.45) is 6.38. The molecule has 1 saturated carbocycles. The highest BCUT2D eigenvalue weighted by atomic mass is 16.5. The van der Waals surface area contributed by atoms with Crippen LogP contribution in [0.5, 0.6) is 0 Å². The van der Waals surface area contributed by atoms with Crippen LogP contribution < -0.4 is 5.32 Å². The van der Waals surface area contributed by atoms with E-state index in [4.69, 9.17) is 9.47 Å². The van der Waals surface area contributed by atoms with Gasteiger partial charge < -0.3 is 19.9 Å². The molecule has 0 amide bonds. The lowest BCUT2D eigenvalue weighted by atomic mass is 9.81. The Labute approximate surface area is 124 Å². The third kappa shape index (κ3) is 8.90. The highest BCUT2D eigenvalue weighted by Crippen LogP contribution is 2.30. The number of aliphatic hydroxyl groups excluding tert-OH is 1. The van der Waals surface area contributed by atoms with Crippen LogP contribution in [0.3, 0.4) is 0 Å². The molecule has 0 aromatic carbocycles. The van der Waals surface area contributed by atoms with Gasteiger partial charge in [0.25, 0.3) is 0 Å². The fraction of sp³-hybridized carbons (Fsp3) is 1.00. The zero-order valence-corrected chi connectivity index (χ0v) is 13.3. The molecule has 2 N–H and O–H groups in total. The van der Waals surface area contributed by atoms with Gasteiger partial charge in [-0.25, -0.2) is 0 Å². The number of aliphatic hydroxyl groups is 1. The van der Waals surface area contributed by atoms with Crippen LogP contribution in [0.25, 0.3) is 0 Å². The molecule has 120 valence electrons. The summed E-state index contributed by atoms with van der Waals surface area (Å²) >= 11 is 0. The second-order valence-corrected chi connectivity index (χ2v) is 6.06. The maximum Gasteiger partial charge on any atom is 0.0897 e. The molecule has 3 unspecified atom stereocenters.